The summed E-state index contributed by atoms with van der Waals surface area (Å²) in [5, 5.41) is 12.1. The van der Waals surface area contributed by atoms with E-state index in [0.717, 1.165) is 12.0 Å². The molecule has 2 aromatic heterocycles. The molecular weight excluding hydrogens is 260 g/mol. The number of carbonyl (C=O) groups excluding carboxylic acids is 1. The minimum absolute atomic E-state index is 0.0212. The minimum atomic E-state index is -0.350. The Morgan fingerprint density at radius 1 is 1.58 bits per heavy atom. The normalized spacial score (nSPS) is 12.3. The molecular formula is C13H18N4OS. The second kappa shape index (κ2) is 6.49. The monoisotopic (exact) mass is 278 g/mol. The molecule has 19 heavy (non-hydrogen) atoms. The van der Waals surface area contributed by atoms with Crippen LogP contribution in [-0.4, -0.2) is 29.3 Å². The van der Waals surface area contributed by atoms with Crippen molar-refractivity contribution in [1.82, 2.24) is 20.4 Å². The molecule has 1 atom stereocenters. The van der Waals surface area contributed by atoms with Gasteiger partial charge in [-0.2, -0.15) is 5.10 Å². The van der Waals surface area contributed by atoms with Crippen molar-refractivity contribution < 1.29 is 4.79 Å². The first kappa shape index (κ1) is 13.8. The first-order valence-electron chi connectivity index (χ1n) is 6.16. The highest BCUT2D eigenvalue weighted by atomic mass is 32.1. The van der Waals surface area contributed by atoms with Crippen LogP contribution in [0.2, 0.25) is 0 Å². The van der Waals surface area contributed by atoms with Crippen LogP contribution in [0.4, 0.5) is 0 Å². The Kier molecular flexibility index (Phi) is 4.70. The third-order valence-corrected chi connectivity index (χ3v) is 3.80. The van der Waals surface area contributed by atoms with Crippen LogP contribution in [0.1, 0.15) is 16.5 Å². The van der Waals surface area contributed by atoms with Gasteiger partial charge in [-0.3, -0.25) is 9.48 Å². The lowest BCUT2D eigenvalue weighted by atomic mass is 10.1. The molecule has 102 valence electrons. The summed E-state index contributed by atoms with van der Waals surface area (Å²) >= 11 is 1.71. The summed E-state index contributed by atoms with van der Waals surface area (Å²) < 4.78 is 1.69. The minimum Gasteiger partial charge on any atom is -0.354 e. The molecule has 0 aliphatic carbocycles. The van der Waals surface area contributed by atoms with E-state index < -0.39 is 0 Å². The highest BCUT2D eigenvalue weighted by Gasteiger charge is 2.19. The number of amides is 1. The summed E-state index contributed by atoms with van der Waals surface area (Å²) in [5.74, 6) is -0.0212. The molecule has 2 heterocycles. The van der Waals surface area contributed by atoms with E-state index >= 15 is 0 Å². The predicted octanol–water partition coefficient (Wildman–Crippen LogP) is 1.10. The quantitative estimate of drug-likeness (QED) is 0.832. The molecule has 5 nitrogen and oxygen atoms in total. The first-order valence-corrected chi connectivity index (χ1v) is 7.04. The number of aryl methyl sites for hydroxylation is 1. The highest BCUT2D eigenvalue weighted by molar-refractivity contribution is 7.09. The summed E-state index contributed by atoms with van der Waals surface area (Å²) in [6.07, 6.45) is 4.42. The van der Waals surface area contributed by atoms with E-state index in [1.54, 1.807) is 29.3 Å². The van der Waals surface area contributed by atoms with Gasteiger partial charge in [0.25, 0.3) is 0 Å². The molecule has 0 spiro atoms. The number of aromatic nitrogens is 2. The molecule has 2 rings (SSSR count). The number of thiophene rings is 1. The van der Waals surface area contributed by atoms with Gasteiger partial charge in [-0.1, -0.05) is 6.07 Å². The first-order chi connectivity index (χ1) is 9.20. The number of rotatable bonds is 6. The van der Waals surface area contributed by atoms with E-state index in [1.807, 2.05) is 24.7 Å². The maximum atomic E-state index is 12.1. The van der Waals surface area contributed by atoms with Crippen LogP contribution in [0.3, 0.4) is 0 Å². The number of hydrogen-bond acceptors (Lipinski definition) is 4. The summed E-state index contributed by atoms with van der Waals surface area (Å²) in [5.41, 5.74) is 0.874. The smallest absolute Gasteiger partial charge is 0.241 e. The average molecular weight is 278 g/mol. The van der Waals surface area contributed by atoms with Gasteiger partial charge in [0, 0.05) is 30.2 Å². The second-order valence-electron chi connectivity index (χ2n) is 4.29. The molecule has 0 aliphatic heterocycles. The van der Waals surface area contributed by atoms with Gasteiger partial charge in [-0.25, -0.2) is 0 Å². The largest absolute Gasteiger partial charge is 0.354 e. The lowest BCUT2D eigenvalue weighted by Gasteiger charge is -2.14. The van der Waals surface area contributed by atoms with E-state index in [0.29, 0.717) is 6.54 Å². The fraction of sp³-hybridized carbons (Fsp3) is 0.385. The molecule has 0 bridgehead atoms. The van der Waals surface area contributed by atoms with Gasteiger partial charge < -0.3 is 10.6 Å². The Morgan fingerprint density at radius 2 is 2.42 bits per heavy atom. The lowest BCUT2D eigenvalue weighted by Crippen LogP contribution is -2.36. The maximum absolute atomic E-state index is 12.1. The van der Waals surface area contributed by atoms with Crippen molar-refractivity contribution in [1.29, 1.82) is 0 Å². The topological polar surface area (TPSA) is 59.0 Å². The van der Waals surface area contributed by atoms with E-state index in [2.05, 4.69) is 21.8 Å². The number of nitrogens with zero attached hydrogens (tertiary/aromatic N) is 2. The molecule has 1 amide bonds. The van der Waals surface area contributed by atoms with Crippen LogP contribution in [0, 0.1) is 0 Å². The molecule has 2 N–H and O–H groups in total. The number of nitrogens with one attached hydrogen (secondary N) is 2. The summed E-state index contributed by atoms with van der Waals surface area (Å²) in [4.78, 5) is 13.4. The summed E-state index contributed by atoms with van der Waals surface area (Å²) in [6.45, 7) is 0.651. The number of likely N-dealkylation sites (N-methyl/N-ethyl adjacent to an activating group) is 1. The van der Waals surface area contributed by atoms with Crippen molar-refractivity contribution in [2.45, 2.75) is 12.5 Å². The Labute approximate surface area is 116 Å². The van der Waals surface area contributed by atoms with E-state index in [4.69, 9.17) is 0 Å². The van der Waals surface area contributed by atoms with Crippen LogP contribution in [0.15, 0.2) is 29.9 Å². The Balaban J connectivity index is 1.87. The van der Waals surface area contributed by atoms with Crippen LogP contribution in [0.25, 0.3) is 0 Å². The van der Waals surface area contributed by atoms with Gasteiger partial charge in [0.2, 0.25) is 5.91 Å². The molecule has 2 aromatic rings. The fourth-order valence-electron chi connectivity index (χ4n) is 1.90. The van der Waals surface area contributed by atoms with Crippen molar-refractivity contribution >= 4 is 17.2 Å². The van der Waals surface area contributed by atoms with Crippen molar-refractivity contribution in [3.8, 4) is 0 Å². The zero-order valence-corrected chi connectivity index (χ0v) is 11.9. The second-order valence-corrected chi connectivity index (χ2v) is 5.32. The highest BCUT2D eigenvalue weighted by Crippen LogP contribution is 2.12. The Bertz CT molecular complexity index is 520. The van der Waals surface area contributed by atoms with Gasteiger partial charge in [0.1, 0.15) is 6.04 Å². The Morgan fingerprint density at radius 3 is 3.00 bits per heavy atom. The van der Waals surface area contributed by atoms with Crippen molar-refractivity contribution in [2.24, 2.45) is 7.05 Å². The van der Waals surface area contributed by atoms with Crippen LogP contribution < -0.4 is 10.6 Å². The third-order valence-electron chi connectivity index (χ3n) is 2.86. The van der Waals surface area contributed by atoms with E-state index in [-0.39, 0.29) is 11.9 Å². The standard InChI is InChI=1S/C13H18N4OS/c1-14-12(10-8-16-17(2)9-10)13(18)15-6-5-11-4-3-7-19-11/h3-4,7-9,12,14H,5-6H2,1-2H3,(H,15,18). The van der Waals surface area contributed by atoms with Gasteiger partial charge in [0.15, 0.2) is 0 Å². The number of hydrogen-bond donors (Lipinski definition) is 2. The van der Waals surface area contributed by atoms with Gasteiger partial charge in [0.05, 0.1) is 6.20 Å². The molecule has 6 heteroatoms. The number of carbonyl (C=O) groups is 1. The predicted molar refractivity (Wildman–Crippen MR) is 76.0 cm³/mol. The lowest BCUT2D eigenvalue weighted by molar-refractivity contribution is -0.123. The summed E-state index contributed by atoms with van der Waals surface area (Å²) in [7, 11) is 3.61. The Hall–Kier alpha value is -1.66. The van der Waals surface area contributed by atoms with Gasteiger partial charge >= 0.3 is 0 Å². The average Bonchev–Trinajstić information content (AvgIpc) is 3.02. The van der Waals surface area contributed by atoms with Crippen molar-refractivity contribution in [3.63, 3.8) is 0 Å². The molecule has 0 aromatic carbocycles. The SMILES string of the molecule is CNC(C(=O)NCCc1cccs1)c1cnn(C)c1. The third kappa shape index (κ3) is 3.65. The molecule has 0 saturated heterocycles. The molecule has 0 saturated carbocycles. The molecule has 1 unspecified atom stereocenters. The van der Waals surface area contributed by atoms with E-state index in [9.17, 15) is 4.79 Å². The van der Waals surface area contributed by atoms with Gasteiger partial charge in [-0.15, -0.1) is 11.3 Å². The maximum Gasteiger partial charge on any atom is 0.241 e. The zero-order valence-electron chi connectivity index (χ0n) is 11.1. The zero-order chi connectivity index (χ0) is 13.7. The summed E-state index contributed by atoms with van der Waals surface area (Å²) in [6, 6.07) is 3.75. The molecule has 0 radical (unpaired) electrons. The van der Waals surface area contributed by atoms with Crippen LogP contribution in [-0.2, 0) is 18.3 Å². The fourth-order valence-corrected chi connectivity index (χ4v) is 2.61. The van der Waals surface area contributed by atoms with Crippen molar-refractivity contribution in [2.75, 3.05) is 13.6 Å². The van der Waals surface area contributed by atoms with E-state index in [1.165, 1.54) is 4.88 Å². The molecule has 0 fully saturated rings. The molecule has 0 aliphatic rings. The van der Waals surface area contributed by atoms with Crippen LogP contribution in [0.5, 0.6) is 0 Å². The van der Waals surface area contributed by atoms with Gasteiger partial charge in [-0.05, 0) is 24.9 Å². The van der Waals surface area contributed by atoms with Crippen LogP contribution >= 0.6 is 11.3 Å². The van der Waals surface area contributed by atoms with Crippen molar-refractivity contribution in [3.05, 3.63) is 40.3 Å².